The van der Waals surface area contributed by atoms with Crippen LogP contribution in [0.25, 0.3) is 5.69 Å². The predicted molar refractivity (Wildman–Crippen MR) is 65.4 cm³/mol. The highest BCUT2D eigenvalue weighted by molar-refractivity contribution is 7.71. The molecular weight excluding hydrogens is 275 g/mol. The fourth-order valence-corrected chi connectivity index (χ4v) is 2.04. The first-order valence-corrected chi connectivity index (χ1v) is 5.64. The van der Waals surface area contributed by atoms with Crippen LogP contribution in [-0.4, -0.2) is 9.55 Å². The van der Waals surface area contributed by atoms with E-state index in [4.69, 9.17) is 17.5 Å². The molecule has 0 bridgehead atoms. The number of hydrogen-bond acceptors (Lipinski definition) is 2. The molecule has 0 atom stereocenters. The summed E-state index contributed by atoms with van der Waals surface area (Å²) in [5, 5.41) is 8.72. The van der Waals surface area contributed by atoms with Crippen LogP contribution in [0.15, 0.2) is 24.4 Å². The number of H-pyrrole nitrogens is 1. The van der Waals surface area contributed by atoms with Crippen molar-refractivity contribution in [3.05, 3.63) is 46.0 Å². The fraction of sp³-hybridized carbons (Fsp3) is 0.167. The van der Waals surface area contributed by atoms with Crippen molar-refractivity contribution >= 4 is 12.2 Å². The normalized spacial score (nSPS) is 11.3. The molecule has 0 unspecified atom stereocenters. The second-order valence-electron chi connectivity index (χ2n) is 3.95. The summed E-state index contributed by atoms with van der Waals surface area (Å²) in [6.07, 6.45) is -2.97. The lowest BCUT2D eigenvalue weighted by Crippen LogP contribution is -2.09. The van der Waals surface area contributed by atoms with Crippen LogP contribution in [0, 0.1) is 23.0 Å². The summed E-state index contributed by atoms with van der Waals surface area (Å²) in [4.78, 5) is 2.82. The van der Waals surface area contributed by atoms with Crippen LogP contribution < -0.4 is 0 Å². The third-order valence-corrected chi connectivity index (χ3v) is 2.85. The summed E-state index contributed by atoms with van der Waals surface area (Å²) in [5.74, 6) is 0. The summed E-state index contributed by atoms with van der Waals surface area (Å²) < 4.78 is 40.3. The van der Waals surface area contributed by atoms with Crippen LogP contribution in [0.1, 0.15) is 16.8 Å². The third-order valence-electron chi connectivity index (χ3n) is 2.55. The first-order valence-electron chi connectivity index (χ1n) is 5.23. The molecule has 0 aliphatic heterocycles. The van der Waals surface area contributed by atoms with Crippen molar-refractivity contribution in [1.29, 1.82) is 5.26 Å². The van der Waals surface area contributed by atoms with Gasteiger partial charge < -0.3 is 4.98 Å². The first-order chi connectivity index (χ1) is 8.82. The van der Waals surface area contributed by atoms with E-state index < -0.39 is 17.3 Å². The van der Waals surface area contributed by atoms with Crippen molar-refractivity contribution in [3.63, 3.8) is 0 Å². The number of aromatic amines is 1. The van der Waals surface area contributed by atoms with Crippen molar-refractivity contribution in [2.45, 2.75) is 13.1 Å². The number of benzene rings is 1. The minimum absolute atomic E-state index is 0.265. The number of alkyl halides is 3. The number of hydrogen-bond donors (Lipinski definition) is 1. The van der Waals surface area contributed by atoms with E-state index in [9.17, 15) is 13.2 Å². The number of imidazole rings is 1. The largest absolute Gasteiger partial charge is 0.417 e. The molecule has 1 heterocycles. The summed E-state index contributed by atoms with van der Waals surface area (Å²) in [6, 6.07) is 5.02. The molecule has 0 spiro atoms. The molecule has 0 aliphatic rings. The number of halogens is 3. The Balaban J connectivity index is 2.66. The van der Waals surface area contributed by atoms with Crippen LogP contribution in [-0.2, 0) is 6.18 Å². The van der Waals surface area contributed by atoms with E-state index in [0.29, 0.717) is 4.77 Å². The molecule has 0 aliphatic carbocycles. The van der Waals surface area contributed by atoms with Gasteiger partial charge in [0, 0.05) is 17.6 Å². The number of nitrogens with zero attached hydrogens (tertiary/aromatic N) is 2. The number of aromatic nitrogens is 2. The zero-order valence-corrected chi connectivity index (χ0v) is 10.6. The maximum atomic E-state index is 12.8. The smallest absolute Gasteiger partial charge is 0.335 e. The van der Waals surface area contributed by atoms with Gasteiger partial charge in [-0.15, -0.1) is 0 Å². The molecule has 0 amide bonds. The molecule has 3 nitrogen and oxygen atoms in total. The minimum atomic E-state index is -4.57. The third kappa shape index (κ3) is 2.53. The monoisotopic (exact) mass is 283 g/mol. The van der Waals surface area contributed by atoms with Crippen LogP contribution in [0.2, 0.25) is 0 Å². The van der Waals surface area contributed by atoms with Crippen molar-refractivity contribution in [3.8, 4) is 11.8 Å². The lowest BCUT2D eigenvalue weighted by Gasteiger charge is -2.11. The Morgan fingerprint density at radius 2 is 2.05 bits per heavy atom. The van der Waals surface area contributed by atoms with Crippen molar-refractivity contribution in [1.82, 2.24) is 9.55 Å². The fourth-order valence-electron chi connectivity index (χ4n) is 1.72. The molecule has 1 aromatic heterocycles. The zero-order chi connectivity index (χ0) is 14.2. The highest BCUT2D eigenvalue weighted by Crippen LogP contribution is 2.33. The zero-order valence-electron chi connectivity index (χ0n) is 9.75. The van der Waals surface area contributed by atoms with E-state index >= 15 is 0 Å². The van der Waals surface area contributed by atoms with Gasteiger partial charge in [0.15, 0.2) is 4.77 Å². The van der Waals surface area contributed by atoms with Crippen LogP contribution in [0.5, 0.6) is 0 Å². The molecule has 0 saturated heterocycles. The van der Waals surface area contributed by atoms with Crippen molar-refractivity contribution in [2.24, 2.45) is 0 Å². The summed E-state index contributed by atoms with van der Waals surface area (Å²) in [5.41, 5.74) is -0.369. The van der Waals surface area contributed by atoms with Gasteiger partial charge in [-0.3, -0.25) is 4.57 Å². The van der Waals surface area contributed by atoms with Gasteiger partial charge in [-0.1, -0.05) is 0 Å². The Labute approximate surface area is 111 Å². The van der Waals surface area contributed by atoms with Gasteiger partial charge in [-0.2, -0.15) is 18.4 Å². The molecule has 2 aromatic rings. The van der Waals surface area contributed by atoms with E-state index in [1.807, 2.05) is 0 Å². The Morgan fingerprint density at radius 3 is 2.53 bits per heavy atom. The number of nitriles is 1. The van der Waals surface area contributed by atoms with Gasteiger partial charge in [0.25, 0.3) is 0 Å². The average molecular weight is 283 g/mol. The molecule has 0 fully saturated rings. The molecule has 7 heteroatoms. The van der Waals surface area contributed by atoms with Gasteiger partial charge in [0.1, 0.15) is 0 Å². The van der Waals surface area contributed by atoms with Crippen LogP contribution in [0.4, 0.5) is 13.2 Å². The maximum Gasteiger partial charge on any atom is 0.417 e. The molecule has 2 rings (SSSR count). The molecule has 0 saturated carbocycles. The van der Waals surface area contributed by atoms with Crippen molar-refractivity contribution < 1.29 is 13.2 Å². The van der Waals surface area contributed by atoms with E-state index in [0.717, 1.165) is 17.8 Å². The number of nitrogens with one attached hydrogen (secondary N) is 1. The van der Waals surface area contributed by atoms with Crippen molar-refractivity contribution in [2.75, 3.05) is 0 Å². The quantitative estimate of drug-likeness (QED) is 0.810. The molecular formula is C12H8F3N3S. The van der Waals surface area contributed by atoms with E-state index in [1.54, 1.807) is 13.1 Å². The van der Waals surface area contributed by atoms with Crippen LogP contribution >= 0.6 is 12.2 Å². The number of rotatable bonds is 1. The molecule has 19 heavy (non-hydrogen) atoms. The molecule has 98 valence electrons. The minimum Gasteiger partial charge on any atom is -0.335 e. The second-order valence-corrected chi connectivity index (χ2v) is 4.34. The van der Waals surface area contributed by atoms with E-state index in [1.165, 1.54) is 16.7 Å². The predicted octanol–water partition coefficient (Wildman–Crippen LogP) is 3.73. The standard InChI is InChI=1S/C12H8F3N3S/c1-7-6-18(11(19)17-7)9-3-2-8(5-16)10(4-9)12(13,14)15/h2-4,6H,1H3,(H,17,19). The maximum absolute atomic E-state index is 12.8. The SMILES string of the molecule is Cc1cn(-c2ccc(C#N)c(C(F)(F)F)c2)c(=S)[nH]1. The van der Waals surface area contributed by atoms with Gasteiger partial charge in [-0.25, -0.2) is 0 Å². The molecule has 1 aromatic carbocycles. The average Bonchev–Trinajstić information content (AvgIpc) is 2.66. The lowest BCUT2D eigenvalue weighted by atomic mass is 10.1. The van der Waals surface area contributed by atoms with Gasteiger partial charge in [0.2, 0.25) is 0 Å². The Kier molecular flexibility index (Phi) is 3.20. The molecule has 1 N–H and O–H groups in total. The van der Waals surface area contributed by atoms with Gasteiger partial charge in [-0.05, 0) is 37.3 Å². The summed E-state index contributed by atoms with van der Waals surface area (Å²) in [7, 11) is 0. The highest BCUT2D eigenvalue weighted by atomic mass is 32.1. The highest BCUT2D eigenvalue weighted by Gasteiger charge is 2.34. The van der Waals surface area contributed by atoms with E-state index in [2.05, 4.69) is 4.98 Å². The first kappa shape index (κ1) is 13.4. The van der Waals surface area contributed by atoms with Gasteiger partial charge in [0.05, 0.1) is 17.2 Å². The van der Waals surface area contributed by atoms with E-state index in [-0.39, 0.29) is 5.69 Å². The topological polar surface area (TPSA) is 44.5 Å². The number of aryl methyl sites for hydroxylation is 1. The van der Waals surface area contributed by atoms with Crippen LogP contribution in [0.3, 0.4) is 0 Å². The summed E-state index contributed by atoms with van der Waals surface area (Å²) in [6.45, 7) is 1.75. The Bertz CT molecular complexity index is 719. The second kappa shape index (κ2) is 4.55. The Morgan fingerprint density at radius 1 is 1.37 bits per heavy atom. The summed E-state index contributed by atoms with van der Waals surface area (Å²) >= 11 is 5.01. The Hall–Kier alpha value is -2.07. The van der Waals surface area contributed by atoms with Gasteiger partial charge >= 0.3 is 6.18 Å². The molecule has 0 radical (unpaired) electrons. The lowest BCUT2D eigenvalue weighted by molar-refractivity contribution is -0.137.